The topological polar surface area (TPSA) is 89.9 Å². The van der Waals surface area contributed by atoms with Crippen molar-refractivity contribution in [2.45, 2.75) is 78.1 Å². The number of likely N-dealkylation sites (N-methyl/N-ethyl adjacent to an activating group) is 1. The average Bonchev–Trinajstić information content (AvgIpc) is 2.97. The van der Waals surface area contributed by atoms with Crippen molar-refractivity contribution < 1.29 is 33.6 Å². The highest BCUT2D eigenvalue weighted by Crippen LogP contribution is 2.57. The quantitative estimate of drug-likeness (QED) is 0.333. The van der Waals surface area contributed by atoms with Gasteiger partial charge in [0.25, 0.3) is 0 Å². The van der Waals surface area contributed by atoms with Gasteiger partial charge in [0.05, 0.1) is 45.6 Å². The molecule has 3 heterocycles. The maximum atomic E-state index is 14.4. The van der Waals surface area contributed by atoms with Crippen LogP contribution in [-0.2, 0) is 16.0 Å². The molecule has 2 aromatic carbocycles. The average molecular weight is 581 g/mol. The summed E-state index contributed by atoms with van der Waals surface area (Å²) in [4.78, 5) is 18.3. The zero-order chi connectivity index (χ0) is 30.3. The molecule has 0 aromatic heterocycles. The Labute approximate surface area is 248 Å². The highest BCUT2D eigenvalue weighted by Gasteiger charge is 2.53. The molecule has 5 rings (SSSR count). The first kappa shape index (κ1) is 30.0. The second-order valence-corrected chi connectivity index (χ2v) is 11.3. The van der Waals surface area contributed by atoms with Gasteiger partial charge in [0.1, 0.15) is 5.75 Å². The number of amides is 1. The summed E-state index contributed by atoms with van der Waals surface area (Å²) in [5, 5.41) is 11.5. The van der Waals surface area contributed by atoms with E-state index < -0.39 is 12.3 Å². The van der Waals surface area contributed by atoms with E-state index in [0.29, 0.717) is 59.3 Å². The summed E-state index contributed by atoms with van der Waals surface area (Å²) in [6.45, 7) is 9.05. The van der Waals surface area contributed by atoms with Crippen LogP contribution in [0.4, 0.5) is 0 Å². The third-order valence-corrected chi connectivity index (χ3v) is 8.81. The number of piperazine rings is 1. The lowest BCUT2D eigenvalue weighted by Crippen LogP contribution is -2.60. The van der Waals surface area contributed by atoms with E-state index in [1.807, 2.05) is 20.0 Å². The number of phenolic OH excluding ortho intramolecular Hbond substituents is 1. The number of carbonyl (C=O) groups is 1. The van der Waals surface area contributed by atoms with Gasteiger partial charge in [-0.15, -0.1) is 0 Å². The second-order valence-electron chi connectivity index (χ2n) is 11.3. The number of hydrogen-bond acceptors (Lipinski definition) is 8. The summed E-state index contributed by atoms with van der Waals surface area (Å²) in [7, 11) is 6.77. The predicted octanol–water partition coefficient (Wildman–Crippen LogP) is 5.82. The smallest absolute Gasteiger partial charge is 0.246 e. The molecule has 3 aliphatic rings. The molecule has 228 valence electrons. The van der Waals surface area contributed by atoms with Gasteiger partial charge < -0.3 is 28.8 Å². The van der Waals surface area contributed by atoms with Crippen LogP contribution in [0.3, 0.4) is 0 Å². The van der Waals surface area contributed by atoms with Gasteiger partial charge in [-0.2, -0.15) is 0 Å². The van der Waals surface area contributed by atoms with Gasteiger partial charge in [-0.1, -0.05) is 32.8 Å². The molecule has 3 aliphatic heterocycles. The monoisotopic (exact) mass is 580 g/mol. The molecule has 2 bridgehead atoms. The fourth-order valence-corrected chi connectivity index (χ4v) is 6.67. The first-order valence-electron chi connectivity index (χ1n) is 14.9. The standard InChI is InChI=1S/C33H44N2O7/c1-9-11-13-41-31-24-20(15-18(3)28(31)38-6)16-23-32(37)35-22(26(24)34(23)5)17-21-25(33(35)42-14-12-10-2)30(40-8)29(39-7)19(4)27(21)36/h15,17,23,26,33,36H,9-14,16H2,1-8H3/t23-,26+,33+/m1/s1. The number of methoxy groups -OCH3 is 3. The Kier molecular flexibility index (Phi) is 8.62. The first-order chi connectivity index (χ1) is 20.2. The minimum Gasteiger partial charge on any atom is -0.507 e. The number of fused-ring (bicyclic) bond motifs is 7. The zero-order valence-electron chi connectivity index (χ0n) is 26.1. The van der Waals surface area contributed by atoms with Gasteiger partial charge in [0.2, 0.25) is 5.91 Å². The van der Waals surface area contributed by atoms with Gasteiger partial charge in [-0.3, -0.25) is 14.6 Å². The van der Waals surface area contributed by atoms with E-state index in [-0.39, 0.29) is 17.7 Å². The molecule has 9 nitrogen and oxygen atoms in total. The number of phenols is 1. The molecule has 0 unspecified atom stereocenters. The number of aryl methyl sites for hydroxylation is 1. The minimum atomic E-state index is -0.800. The molecule has 0 aliphatic carbocycles. The maximum absolute atomic E-state index is 14.4. The molecule has 42 heavy (non-hydrogen) atoms. The van der Waals surface area contributed by atoms with Crippen LogP contribution in [-0.4, -0.2) is 68.4 Å². The lowest BCUT2D eigenvalue weighted by molar-refractivity contribution is -0.157. The summed E-state index contributed by atoms with van der Waals surface area (Å²) in [5.41, 5.74) is 5.48. The minimum absolute atomic E-state index is 0.0548. The van der Waals surface area contributed by atoms with Gasteiger partial charge in [0, 0.05) is 29.0 Å². The highest BCUT2D eigenvalue weighted by atomic mass is 16.5. The Bertz CT molecular complexity index is 1400. The van der Waals surface area contributed by atoms with E-state index in [0.717, 1.165) is 48.1 Å². The van der Waals surface area contributed by atoms with Gasteiger partial charge in [-0.25, -0.2) is 0 Å². The first-order valence-corrected chi connectivity index (χ1v) is 14.9. The van der Waals surface area contributed by atoms with Crippen molar-refractivity contribution in [3.05, 3.63) is 45.1 Å². The number of aromatic hydroxyl groups is 1. The van der Waals surface area contributed by atoms with Gasteiger partial charge in [0.15, 0.2) is 29.2 Å². The molecular weight excluding hydrogens is 536 g/mol. The molecule has 1 fully saturated rings. The van der Waals surface area contributed by atoms with E-state index in [2.05, 4.69) is 24.8 Å². The number of carbonyl (C=O) groups excluding carboxylic acids is 1. The molecule has 0 radical (unpaired) electrons. The van der Waals surface area contributed by atoms with Crippen molar-refractivity contribution in [3.8, 4) is 28.7 Å². The summed E-state index contributed by atoms with van der Waals surface area (Å²) in [5.74, 6) is 2.33. The summed E-state index contributed by atoms with van der Waals surface area (Å²) in [6.07, 6.45) is 5.33. The number of rotatable bonds is 11. The summed E-state index contributed by atoms with van der Waals surface area (Å²) >= 11 is 0. The Hall–Kier alpha value is -3.43. The number of nitrogens with zero attached hydrogens (tertiary/aromatic N) is 2. The van der Waals surface area contributed by atoms with Crippen LogP contribution < -0.4 is 18.9 Å². The summed E-state index contributed by atoms with van der Waals surface area (Å²) < 4.78 is 30.5. The van der Waals surface area contributed by atoms with Crippen molar-refractivity contribution >= 4 is 12.0 Å². The van der Waals surface area contributed by atoms with E-state index in [1.54, 1.807) is 33.2 Å². The van der Waals surface area contributed by atoms with Crippen LogP contribution in [0, 0.1) is 13.8 Å². The Balaban J connectivity index is 1.80. The van der Waals surface area contributed by atoms with E-state index in [1.165, 1.54) is 0 Å². The lowest BCUT2D eigenvalue weighted by atomic mass is 9.79. The number of ether oxygens (including phenoxy) is 5. The molecule has 1 N–H and O–H groups in total. The molecule has 1 amide bonds. The fourth-order valence-electron chi connectivity index (χ4n) is 6.67. The number of benzene rings is 2. The normalized spacial score (nSPS) is 20.9. The zero-order valence-corrected chi connectivity index (χ0v) is 26.1. The molecule has 2 aromatic rings. The largest absolute Gasteiger partial charge is 0.507 e. The third kappa shape index (κ3) is 4.57. The van der Waals surface area contributed by atoms with Crippen LogP contribution in [0.5, 0.6) is 28.7 Å². The van der Waals surface area contributed by atoms with Crippen molar-refractivity contribution in [2.75, 3.05) is 41.6 Å². The number of hydrogen-bond donors (Lipinski definition) is 1. The summed E-state index contributed by atoms with van der Waals surface area (Å²) in [6, 6.07) is 1.39. The Morgan fingerprint density at radius 2 is 1.60 bits per heavy atom. The van der Waals surface area contributed by atoms with Crippen molar-refractivity contribution in [1.82, 2.24) is 9.80 Å². The van der Waals surface area contributed by atoms with E-state index in [4.69, 9.17) is 23.7 Å². The van der Waals surface area contributed by atoms with Crippen LogP contribution in [0.15, 0.2) is 11.8 Å². The molecular formula is C33H44N2O7. The predicted molar refractivity (Wildman–Crippen MR) is 161 cm³/mol. The molecule has 0 saturated carbocycles. The van der Waals surface area contributed by atoms with E-state index in [9.17, 15) is 9.90 Å². The van der Waals surface area contributed by atoms with Gasteiger partial charge in [-0.05, 0) is 57.4 Å². The molecule has 3 atom stereocenters. The maximum Gasteiger partial charge on any atom is 0.246 e. The second kappa shape index (κ2) is 12.1. The SMILES string of the molecule is CCCCOc1c(OC)c(C)cc2c1[C@@H]1C3=Cc4c(O)c(C)c(OC)c(OC)c4[C@H](OCCCC)N3C(=O)[C@@H](C2)N1C. The Morgan fingerprint density at radius 1 is 0.929 bits per heavy atom. The Morgan fingerprint density at radius 3 is 2.24 bits per heavy atom. The fraction of sp³-hybridized carbons (Fsp3) is 0.545. The van der Waals surface area contributed by atoms with Crippen molar-refractivity contribution in [2.24, 2.45) is 0 Å². The van der Waals surface area contributed by atoms with Gasteiger partial charge >= 0.3 is 0 Å². The van der Waals surface area contributed by atoms with Crippen LogP contribution in [0.25, 0.3) is 6.08 Å². The lowest BCUT2D eigenvalue weighted by Gasteiger charge is -2.53. The molecule has 9 heteroatoms. The van der Waals surface area contributed by atoms with E-state index >= 15 is 0 Å². The molecule has 0 spiro atoms. The van der Waals surface area contributed by atoms with Crippen LogP contribution >= 0.6 is 0 Å². The van der Waals surface area contributed by atoms with Crippen LogP contribution in [0.2, 0.25) is 0 Å². The highest BCUT2D eigenvalue weighted by molar-refractivity contribution is 5.91. The third-order valence-electron chi connectivity index (χ3n) is 8.81. The van der Waals surface area contributed by atoms with Crippen molar-refractivity contribution in [3.63, 3.8) is 0 Å². The number of unbranched alkanes of at least 4 members (excludes halogenated alkanes) is 2. The van der Waals surface area contributed by atoms with Crippen LogP contribution in [0.1, 0.15) is 85.2 Å². The molecule has 1 saturated heterocycles. The van der Waals surface area contributed by atoms with Crippen molar-refractivity contribution in [1.29, 1.82) is 0 Å².